The van der Waals surface area contributed by atoms with E-state index in [9.17, 15) is 9.59 Å². The normalized spacial score (nSPS) is 21.1. The second-order valence-corrected chi connectivity index (χ2v) is 8.42. The molecule has 0 aliphatic carbocycles. The molecule has 0 unspecified atom stereocenters. The number of rotatable bonds is 6. The van der Waals surface area contributed by atoms with Crippen molar-refractivity contribution in [3.05, 3.63) is 18.2 Å². The number of nitrogens with one attached hydrogen (secondary N) is 2. The van der Waals surface area contributed by atoms with Crippen LogP contribution in [-0.4, -0.2) is 75.9 Å². The number of imidazole rings is 1. The quantitative estimate of drug-likeness (QED) is 0.656. The van der Waals surface area contributed by atoms with E-state index in [1.807, 2.05) is 18.7 Å². The zero-order valence-corrected chi connectivity index (χ0v) is 17.1. The lowest BCUT2D eigenvalue weighted by Crippen LogP contribution is -2.53. The van der Waals surface area contributed by atoms with Crippen LogP contribution in [0.1, 0.15) is 45.2 Å². The first-order valence-electron chi connectivity index (χ1n) is 10.5. The van der Waals surface area contributed by atoms with Gasteiger partial charge in [-0.05, 0) is 52.6 Å². The molecule has 0 saturated carbocycles. The molecule has 2 aliphatic rings. The third kappa shape index (κ3) is 5.32. The summed E-state index contributed by atoms with van der Waals surface area (Å²) in [6, 6.07) is 0.182. The summed E-state index contributed by atoms with van der Waals surface area (Å²) in [7, 11) is 0. The maximum absolute atomic E-state index is 12.6. The van der Waals surface area contributed by atoms with Crippen LogP contribution in [0.15, 0.2) is 12.5 Å². The Labute approximate surface area is 167 Å². The molecule has 2 saturated heterocycles. The molecule has 0 bridgehead atoms. The van der Waals surface area contributed by atoms with E-state index < -0.39 is 6.04 Å². The second-order valence-electron chi connectivity index (χ2n) is 8.42. The monoisotopic (exact) mass is 390 g/mol. The molecule has 2 aliphatic heterocycles. The van der Waals surface area contributed by atoms with Gasteiger partial charge in [0.25, 0.3) is 0 Å². The fraction of sp³-hybridized carbons (Fsp3) is 0.750. The highest BCUT2D eigenvalue weighted by Gasteiger charge is 2.32. The first-order valence-corrected chi connectivity index (χ1v) is 10.5. The third-order valence-electron chi connectivity index (χ3n) is 5.94. The van der Waals surface area contributed by atoms with Crippen LogP contribution in [-0.2, 0) is 16.0 Å². The molecule has 156 valence electrons. The molecule has 2 amide bonds. The van der Waals surface area contributed by atoms with E-state index >= 15 is 0 Å². The van der Waals surface area contributed by atoms with Gasteiger partial charge in [0.05, 0.1) is 12.4 Å². The van der Waals surface area contributed by atoms with Crippen molar-refractivity contribution in [2.45, 2.75) is 64.1 Å². The minimum Gasteiger partial charge on any atom is -0.354 e. The second kappa shape index (κ2) is 9.52. The molecule has 1 aromatic heterocycles. The molecule has 28 heavy (non-hydrogen) atoms. The van der Waals surface area contributed by atoms with Gasteiger partial charge in [0.1, 0.15) is 0 Å². The summed E-state index contributed by atoms with van der Waals surface area (Å²) in [5, 5.41) is 3.03. The van der Waals surface area contributed by atoms with Gasteiger partial charge < -0.3 is 25.8 Å². The van der Waals surface area contributed by atoms with E-state index in [1.54, 1.807) is 12.5 Å². The van der Waals surface area contributed by atoms with Gasteiger partial charge in [-0.3, -0.25) is 9.59 Å². The van der Waals surface area contributed by atoms with Gasteiger partial charge >= 0.3 is 0 Å². The maximum Gasteiger partial charge on any atom is 0.239 e. The summed E-state index contributed by atoms with van der Waals surface area (Å²) in [5.41, 5.74) is 7.00. The van der Waals surface area contributed by atoms with Crippen LogP contribution >= 0.6 is 0 Å². The average molecular weight is 391 g/mol. The smallest absolute Gasteiger partial charge is 0.239 e. The van der Waals surface area contributed by atoms with Crippen LogP contribution in [0, 0.1) is 5.92 Å². The minimum absolute atomic E-state index is 0.0251. The molecule has 4 N–H and O–H groups in total. The van der Waals surface area contributed by atoms with Crippen LogP contribution in [0.5, 0.6) is 0 Å². The zero-order chi connectivity index (χ0) is 20.1. The first-order chi connectivity index (χ1) is 13.4. The maximum atomic E-state index is 12.6. The van der Waals surface area contributed by atoms with Crippen molar-refractivity contribution >= 4 is 11.8 Å². The molecule has 0 radical (unpaired) electrons. The lowest BCUT2D eigenvalue weighted by atomic mass is 9.92. The van der Waals surface area contributed by atoms with E-state index in [1.165, 1.54) is 0 Å². The van der Waals surface area contributed by atoms with Crippen molar-refractivity contribution < 1.29 is 9.59 Å². The number of hydrogen-bond acceptors (Lipinski definition) is 5. The van der Waals surface area contributed by atoms with Gasteiger partial charge in [-0.25, -0.2) is 4.98 Å². The minimum atomic E-state index is -0.521. The van der Waals surface area contributed by atoms with Gasteiger partial charge in [-0.1, -0.05) is 0 Å². The number of aromatic nitrogens is 2. The standard InChI is InChI=1S/C20H34N6O2/c1-14(2)24-19(27)15-3-7-25(8-4-15)17-5-9-26(10-6-17)20(28)18(21)11-16-12-22-13-23-16/h12-15,17-18H,3-11,21H2,1-2H3,(H,22,23)(H,24,27)/t18-/m0/s1. The van der Waals surface area contributed by atoms with E-state index in [0.29, 0.717) is 12.5 Å². The molecule has 1 atom stereocenters. The predicted molar refractivity (Wildman–Crippen MR) is 107 cm³/mol. The SMILES string of the molecule is CC(C)NC(=O)C1CCN(C2CCN(C(=O)[C@@H](N)Cc3cnc[nH]3)CC2)CC1. The number of carbonyl (C=O) groups is 2. The van der Waals surface area contributed by atoms with Crippen molar-refractivity contribution in [2.24, 2.45) is 11.7 Å². The number of aromatic amines is 1. The van der Waals surface area contributed by atoms with Crippen LogP contribution in [0.25, 0.3) is 0 Å². The number of carbonyl (C=O) groups excluding carboxylic acids is 2. The highest BCUT2D eigenvalue weighted by molar-refractivity contribution is 5.82. The first kappa shape index (κ1) is 20.8. The van der Waals surface area contributed by atoms with Crippen molar-refractivity contribution in [2.75, 3.05) is 26.2 Å². The molecular formula is C20H34N6O2. The zero-order valence-electron chi connectivity index (χ0n) is 17.1. The van der Waals surface area contributed by atoms with E-state index in [0.717, 1.165) is 57.6 Å². The predicted octanol–water partition coefficient (Wildman–Crippen LogP) is 0.507. The van der Waals surface area contributed by atoms with Crippen LogP contribution in [0.3, 0.4) is 0 Å². The van der Waals surface area contributed by atoms with E-state index in [4.69, 9.17) is 5.73 Å². The Hall–Kier alpha value is -1.93. The highest BCUT2D eigenvalue weighted by Crippen LogP contribution is 2.24. The lowest BCUT2D eigenvalue weighted by Gasteiger charge is -2.42. The van der Waals surface area contributed by atoms with Gasteiger partial charge in [0, 0.05) is 49.4 Å². The topological polar surface area (TPSA) is 107 Å². The van der Waals surface area contributed by atoms with Crippen LogP contribution in [0.4, 0.5) is 0 Å². The fourth-order valence-electron chi connectivity index (χ4n) is 4.34. The molecule has 8 nitrogen and oxygen atoms in total. The Morgan fingerprint density at radius 3 is 2.46 bits per heavy atom. The number of nitrogens with zero attached hydrogens (tertiary/aromatic N) is 3. The van der Waals surface area contributed by atoms with Gasteiger partial charge in [-0.2, -0.15) is 0 Å². The highest BCUT2D eigenvalue weighted by atomic mass is 16.2. The number of H-pyrrole nitrogens is 1. The number of likely N-dealkylation sites (tertiary alicyclic amines) is 2. The van der Waals surface area contributed by atoms with E-state index in [2.05, 4.69) is 20.2 Å². The number of hydrogen-bond donors (Lipinski definition) is 3. The summed E-state index contributed by atoms with van der Waals surface area (Å²) in [5.74, 6) is 0.360. The van der Waals surface area contributed by atoms with Crippen molar-refractivity contribution in [3.63, 3.8) is 0 Å². The summed E-state index contributed by atoms with van der Waals surface area (Å²) < 4.78 is 0. The average Bonchev–Trinajstić information content (AvgIpc) is 3.20. The number of amides is 2. The lowest BCUT2D eigenvalue weighted by molar-refractivity contribution is -0.134. The molecule has 8 heteroatoms. The molecule has 0 spiro atoms. The molecule has 3 rings (SSSR count). The van der Waals surface area contributed by atoms with Gasteiger partial charge in [0.15, 0.2) is 0 Å². The Morgan fingerprint density at radius 1 is 1.21 bits per heavy atom. The summed E-state index contributed by atoms with van der Waals surface area (Å²) in [6.07, 6.45) is 7.61. The Bertz CT molecular complexity index is 631. The summed E-state index contributed by atoms with van der Waals surface area (Å²) >= 11 is 0. The Kier molecular flexibility index (Phi) is 7.07. The van der Waals surface area contributed by atoms with Crippen LogP contribution in [0.2, 0.25) is 0 Å². The van der Waals surface area contributed by atoms with Crippen molar-refractivity contribution in [1.82, 2.24) is 25.1 Å². The summed E-state index contributed by atoms with van der Waals surface area (Å²) in [4.78, 5) is 36.2. The molecule has 1 aromatic rings. The van der Waals surface area contributed by atoms with Crippen LogP contribution < -0.4 is 11.1 Å². The van der Waals surface area contributed by atoms with Crippen molar-refractivity contribution in [3.8, 4) is 0 Å². The van der Waals surface area contributed by atoms with E-state index in [-0.39, 0.29) is 23.8 Å². The fourth-order valence-corrected chi connectivity index (χ4v) is 4.34. The third-order valence-corrected chi connectivity index (χ3v) is 5.94. The molecule has 2 fully saturated rings. The largest absolute Gasteiger partial charge is 0.354 e. The Balaban J connectivity index is 1.40. The number of piperidine rings is 2. The molecule has 0 aromatic carbocycles. The summed E-state index contributed by atoms with van der Waals surface area (Å²) in [6.45, 7) is 7.45. The Morgan fingerprint density at radius 2 is 1.89 bits per heavy atom. The molecule has 3 heterocycles. The number of nitrogens with two attached hydrogens (primary N) is 1. The molecular weight excluding hydrogens is 356 g/mol. The van der Waals surface area contributed by atoms with Crippen molar-refractivity contribution in [1.29, 1.82) is 0 Å². The van der Waals surface area contributed by atoms with Gasteiger partial charge in [0.2, 0.25) is 11.8 Å². The van der Waals surface area contributed by atoms with Gasteiger partial charge in [-0.15, -0.1) is 0 Å².